The van der Waals surface area contributed by atoms with E-state index in [4.69, 9.17) is 0 Å². The van der Waals surface area contributed by atoms with Gasteiger partial charge in [0.2, 0.25) is 0 Å². The van der Waals surface area contributed by atoms with Crippen LogP contribution >= 0.6 is 11.3 Å². The second kappa shape index (κ2) is 6.37. The van der Waals surface area contributed by atoms with Crippen LogP contribution in [0, 0.1) is 0 Å². The van der Waals surface area contributed by atoms with Gasteiger partial charge in [0.25, 0.3) is 15.9 Å². The molecule has 0 radical (unpaired) electrons. The van der Waals surface area contributed by atoms with Crippen molar-refractivity contribution in [2.45, 2.75) is 24.1 Å². The molecule has 0 bridgehead atoms. The first-order valence-electron chi connectivity index (χ1n) is 6.50. The van der Waals surface area contributed by atoms with Crippen LogP contribution in [-0.2, 0) is 10.0 Å². The Labute approximate surface area is 132 Å². The van der Waals surface area contributed by atoms with Crippen LogP contribution in [0.3, 0.4) is 0 Å². The normalized spacial score (nSPS) is 11.4. The van der Waals surface area contributed by atoms with Crippen molar-refractivity contribution >= 4 is 33.0 Å². The van der Waals surface area contributed by atoms with Crippen LogP contribution in [0.1, 0.15) is 24.2 Å². The molecule has 1 heterocycles. The van der Waals surface area contributed by atoms with Crippen LogP contribution in [-0.4, -0.2) is 25.5 Å². The molecule has 1 amide bonds. The average Bonchev–Trinajstić information content (AvgIpc) is 2.91. The lowest BCUT2D eigenvalue weighted by atomic mass is 10.1. The van der Waals surface area contributed by atoms with Crippen LogP contribution in [0.15, 0.2) is 39.9 Å². The summed E-state index contributed by atoms with van der Waals surface area (Å²) < 4.78 is 26.7. The third-order valence-corrected chi connectivity index (χ3v) is 5.45. The third kappa shape index (κ3) is 3.77. The minimum absolute atomic E-state index is 0.0658. The number of sulfonamides is 1. The van der Waals surface area contributed by atoms with Gasteiger partial charge in [-0.3, -0.25) is 9.52 Å². The molecule has 0 atom stereocenters. The molecule has 2 rings (SSSR count). The zero-order valence-corrected chi connectivity index (χ0v) is 13.7. The number of anilines is 1. The third-order valence-electron chi connectivity index (χ3n) is 2.67. The predicted octanol–water partition coefficient (Wildman–Crippen LogP) is 2.39. The summed E-state index contributed by atoms with van der Waals surface area (Å²) in [6.07, 6.45) is 0. The number of thiophene rings is 1. The Morgan fingerprint density at radius 2 is 2.00 bits per heavy atom. The number of nitrogens with one attached hydrogen (secondary N) is 2. The van der Waals surface area contributed by atoms with Crippen molar-refractivity contribution in [2.24, 2.45) is 0 Å². The maximum Gasteiger partial charge on any atom is 0.271 e. The molecule has 1 aromatic heterocycles. The molecule has 0 aliphatic rings. The van der Waals surface area contributed by atoms with Gasteiger partial charge in [-0.1, -0.05) is 6.07 Å². The quantitative estimate of drug-likeness (QED) is 0.779. The molecule has 1 aromatic carbocycles. The van der Waals surface area contributed by atoms with Crippen molar-refractivity contribution in [1.29, 1.82) is 0 Å². The molecule has 0 fully saturated rings. The van der Waals surface area contributed by atoms with Gasteiger partial charge in [-0.2, -0.15) is 0 Å². The van der Waals surface area contributed by atoms with Gasteiger partial charge in [0.15, 0.2) is 0 Å². The summed E-state index contributed by atoms with van der Waals surface area (Å²) in [6.45, 7) is 3.61. The van der Waals surface area contributed by atoms with Crippen molar-refractivity contribution in [3.63, 3.8) is 0 Å². The molecule has 6 nitrogen and oxygen atoms in total. The zero-order valence-electron chi connectivity index (χ0n) is 12.0. The van der Waals surface area contributed by atoms with Gasteiger partial charge < -0.3 is 10.4 Å². The number of phenolic OH excluding ortho intramolecular Hbond substituents is 1. The lowest BCUT2D eigenvalue weighted by Crippen LogP contribution is -2.30. The van der Waals surface area contributed by atoms with Crippen LogP contribution in [0.2, 0.25) is 0 Å². The second-order valence-corrected chi connectivity index (χ2v) is 7.75. The highest BCUT2D eigenvalue weighted by Gasteiger charge is 2.17. The minimum Gasteiger partial charge on any atom is -0.507 e. The van der Waals surface area contributed by atoms with Gasteiger partial charge in [0, 0.05) is 12.1 Å². The summed E-state index contributed by atoms with van der Waals surface area (Å²) in [5.41, 5.74) is 0.278. The molecular weight excluding hydrogens is 324 g/mol. The van der Waals surface area contributed by atoms with Crippen molar-refractivity contribution in [1.82, 2.24) is 5.32 Å². The topological polar surface area (TPSA) is 95.5 Å². The zero-order chi connectivity index (χ0) is 16.3. The van der Waals surface area contributed by atoms with E-state index in [9.17, 15) is 18.3 Å². The molecule has 0 saturated heterocycles. The Bertz CT molecular complexity index is 768. The lowest BCUT2D eigenvalue weighted by Gasteiger charge is -2.11. The molecule has 22 heavy (non-hydrogen) atoms. The Morgan fingerprint density at radius 1 is 1.27 bits per heavy atom. The monoisotopic (exact) mass is 340 g/mol. The van der Waals surface area contributed by atoms with Gasteiger partial charge in [0.1, 0.15) is 9.96 Å². The molecule has 0 spiro atoms. The fraction of sp³-hybridized carbons (Fsp3) is 0.214. The maximum atomic E-state index is 12.1. The van der Waals surface area contributed by atoms with E-state index in [1.807, 2.05) is 0 Å². The number of aromatic hydroxyl groups is 1. The Kier molecular flexibility index (Phi) is 4.72. The highest BCUT2D eigenvalue weighted by atomic mass is 32.2. The number of hydrogen-bond acceptors (Lipinski definition) is 5. The number of benzene rings is 1. The smallest absolute Gasteiger partial charge is 0.271 e. The molecule has 0 aliphatic carbocycles. The second-order valence-electron chi connectivity index (χ2n) is 4.90. The summed E-state index contributed by atoms with van der Waals surface area (Å²) in [5, 5.41) is 14.2. The lowest BCUT2D eigenvalue weighted by molar-refractivity contribution is 0.0940. The van der Waals surface area contributed by atoms with Gasteiger partial charge in [0.05, 0.1) is 11.3 Å². The fourth-order valence-electron chi connectivity index (χ4n) is 1.75. The van der Waals surface area contributed by atoms with Gasteiger partial charge >= 0.3 is 0 Å². The van der Waals surface area contributed by atoms with Crippen molar-refractivity contribution in [3.05, 3.63) is 41.3 Å². The Hall–Kier alpha value is -2.06. The van der Waals surface area contributed by atoms with Crippen molar-refractivity contribution < 1.29 is 18.3 Å². The summed E-state index contributed by atoms with van der Waals surface area (Å²) in [6, 6.07) is 7.07. The molecule has 8 heteroatoms. The maximum absolute atomic E-state index is 12.1. The minimum atomic E-state index is -3.68. The van der Waals surface area contributed by atoms with Gasteiger partial charge in [-0.15, -0.1) is 11.3 Å². The molecule has 118 valence electrons. The van der Waals surface area contributed by atoms with Crippen LogP contribution in [0.5, 0.6) is 5.75 Å². The highest BCUT2D eigenvalue weighted by molar-refractivity contribution is 7.94. The van der Waals surface area contributed by atoms with E-state index >= 15 is 0 Å². The van der Waals surface area contributed by atoms with Gasteiger partial charge in [-0.05, 0) is 37.4 Å². The number of phenols is 1. The van der Waals surface area contributed by atoms with E-state index in [1.54, 1.807) is 25.3 Å². The number of carbonyl (C=O) groups is 1. The number of hydrogen-bond donors (Lipinski definition) is 3. The molecule has 2 aromatic rings. The first kappa shape index (κ1) is 16.3. The largest absolute Gasteiger partial charge is 0.507 e. The van der Waals surface area contributed by atoms with E-state index in [2.05, 4.69) is 10.0 Å². The van der Waals surface area contributed by atoms with E-state index in [0.717, 1.165) is 11.3 Å². The molecular formula is C14H16N2O4S2. The van der Waals surface area contributed by atoms with E-state index in [-0.39, 0.29) is 27.3 Å². The van der Waals surface area contributed by atoms with E-state index < -0.39 is 15.9 Å². The van der Waals surface area contributed by atoms with Gasteiger partial charge in [-0.25, -0.2) is 8.42 Å². The fourth-order valence-corrected chi connectivity index (χ4v) is 3.79. The van der Waals surface area contributed by atoms with Crippen molar-refractivity contribution in [2.75, 3.05) is 4.72 Å². The standard InChI is InChI=1S/C14H16N2O4S2/c1-9(2)15-14(18)11-6-5-10(8-12(11)17)16-22(19,20)13-4-3-7-21-13/h3-9,16-17H,1-2H3,(H,15,18). The van der Waals surface area contributed by atoms with E-state index in [1.165, 1.54) is 24.3 Å². The first-order chi connectivity index (χ1) is 10.3. The molecule has 0 aliphatic heterocycles. The summed E-state index contributed by atoms with van der Waals surface area (Å²) in [5.74, 6) is -0.704. The summed E-state index contributed by atoms with van der Waals surface area (Å²) in [4.78, 5) is 11.9. The van der Waals surface area contributed by atoms with E-state index in [0.29, 0.717) is 0 Å². The Balaban J connectivity index is 2.21. The SMILES string of the molecule is CC(C)NC(=O)c1ccc(NS(=O)(=O)c2cccs2)cc1O. The Morgan fingerprint density at radius 3 is 2.55 bits per heavy atom. The number of amides is 1. The predicted molar refractivity (Wildman–Crippen MR) is 85.8 cm³/mol. The average molecular weight is 340 g/mol. The number of rotatable bonds is 5. The summed E-state index contributed by atoms with van der Waals surface area (Å²) >= 11 is 1.09. The number of carbonyl (C=O) groups excluding carboxylic acids is 1. The van der Waals surface area contributed by atoms with Crippen molar-refractivity contribution in [3.8, 4) is 5.75 Å². The molecule has 0 unspecified atom stereocenters. The summed E-state index contributed by atoms with van der Waals surface area (Å²) in [7, 11) is -3.68. The van der Waals surface area contributed by atoms with Crippen LogP contribution in [0.4, 0.5) is 5.69 Å². The molecule has 3 N–H and O–H groups in total. The van der Waals surface area contributed by atoms with Crippen LogP contribution in [0.25, 0.3) is 0 Å². The highest BCUT2D eigenvalue weighted by Crippen LogP contribution is 2.25. The first-order valence-corrected chi connectivity index (χ1v) is 8.86. The van der Waals surface area contributed by atoms with Crippen LogP contribution < -0.4 is 10.0 Å². The molecule has 0 saturated carbocycles.